The van der Waals surface area contributed by atoms with Crippen molar-refractivity contribution >= 4 is 17.5 Å². The third-order valence-electron chi connectivity index (χ3n) is 5.74. The van der Waals surface area contributed by atoms with Gasteiger partial charge in [0.15, 0.2) is 0 Å². The van der Waals surface area contributed by atoms with Gasteiger partial charge < -0.3 is 4.90 Å². The molecule has 0 heterocycles. The number of alkyl halides is 1. The highest BCUT2D eigenvalue weighted by molar-refractivity contribution is 6.18. The van der Waals surface area contributed by atoms with Crippen LogP contribution in [0.25, 0.3) is 0 Å². The second-order valence-corrected chi connectivity index (χ2v) is 7.22. The Balaban J connectivity index is 1.74. The lowest BCUT2D eigenvalue weighted by atomic mass is 9.51. The van der Waals surface area contributed by atoms with Gasteiger partial charge in [0.1, 0.15) is 0 Å². The van der Waals surface area contributed by atoms with Crippen LogP contribution in [0.4, 0.5) is 0 Å². The van der Waals surface area contributed by atoms with Crippen molar-refractivity contribution in [3.05, 3.63) is 0 Å². The molecule has 0 N–H and O–H groups in total. The van der Waals surface area contributed by atoms with E-state index in [0.717, 1.165) is 11.8 Å². The molecule has 1 unspecified atom stereocenters. The van der Waals surface area contributed by atoms with Gasteiger partial charge in [-0.25, -0.2) is 0 Å². The van der Waals surface area contributed by atoms with Crippen LogP contribution in [0.3, 0.4) is 0 Å². The molecule has 102 valence electrons. The molecule has 18 heavy (non-hydrogen) atoms. The molecular formula is C15H24ClNO. The predicted molar refractivity (Wildman–Crippen MR) is 73.5 cm³/mol. The van der Waals surface area contributed by atoms with Crippen molar-refractivity contribution in [3.8, 4) is 0 Å². The molecule has 4 aliphatic carbocycles. The van der Waals surface area contributed by atoms with Crippen LogP contribution < -0.4 is 0 Å². The number of halogens is 1. The summed E-state index contributed by atoms with van der Waals surface area (Å²) in [6.45, 7) is 2.04. The van der Waals surface area contributed by atoms with Gasteiger partial charge in [0.25, 0.3) is 0 Å². The summed E-state index contributed by atoms with van der Waals surface area (Å²) >= 11 is 5.89. The van der Waals surface area contributed by atoms with Crippen LogP contribution in [0.2, 0.25) is 0 Å². The molecule has 0 spiro atoms. The third kappa shape index (κ3) is 1.97. The summed E-state index contributed by atoms with van der Waals surface area (Å²) in [5.41, 5.74) is 0. The minimum absolute atomic E-state index is 0.163. The Morgan fingerprint density at radius 3 is 2.11 bits per heavy atom. The lowest BCUT2D eigenvalue weighted by molar-refractivity contribution is -0.149. The molecule has 4 aliphatic rings. The average Bonchev–Trinajstić information content (AvgIpc) is 2.35. The smallest absolute Gasteiger partial charge is 0.226 e. The zero-order valence-electron chi connectivity index (χ0n) is 11.4. The largest absolute Gasteiger partial charge is 0.342 e. The van der Waals surface area contributed by atoms with Crippen LogP contribution in [-0.2, 0) is 4.79 Å². The minimum atomic E-state index is 0.163. The van der Waals surface area contributed by atoms with Gasteiger partial charge in [0.05, 0.1) is 0 Å². The molecule has 4 fully saturated rings. The molecule has 2 nitrogen and oxygen atoms in total. The molecule has 0 aliphatic heterocycles. The zero-order chi connectivity index (χ0) is 12.9. The van der Waals surface area contributed by atoms with Gasteiger partial charge in [-0.3, -0.25) is 4.79 Å². The Morgan fingerprint density at radius 2 is 1.67 bits per heavy atom. The molecule has 0 aromatic carbocycles. The average molecular weight is 270 g/mol. The van der Waals surface area contributed by atoms with Crippen LogP contribution in [0.5, 0.6) is 0 Å². The lowest BCUT2D eigenvalue weighted by Crippen LogP contribution is -2.52. The maximum atomic E-state index is 12.7. The number of nitrogens with zero attached hydrogens (tertiary/aromatic N) is 1. The molecule has 1 amide bonds. The fourth-order valence-corrected chi connectivity index (χ4v) is 5.09. The first-order valence-electron chi connectivity index (χ1n) is 7.42. The molecule has 3 heteroatoms. The Labute approximate surface area is 115 Å². The number of hydrogen-bond acceptors (Lipinski definition) is 1. The van der Waals surface area contributed by atoms with Gasteiger partial charge in [-0.2, -0.15) is 0 Å². The van der Waals surface area contributed by atoms with E-state index in [1.807, 2.05) is 18.9 Å². The van der Waals surface area contributed by atoms with Gasteiger partial charge in [-0.1, -0.05) is 0 Å². The summed E-state index contributed by atoms with van der Waals surface area (Å²) in [7, 11) is 1.93. The fourth-order valence-electron chi connectivity index (χ4n) is 4.88. The standard InChI is InChI=1S/C15H24ClNO/c1-9(8-16)17(2)15(18)14-12-4-10-3-11(6-12)7-13(14)5-10/h9-14H,3-8H2,1-2H3. The van der Waals surface area contributed by atoms with Crippen molar-refractivity contribution in [3.63, 3.8) is 0 Å². The summed E-state index contributed by atoms with van der Waals surface area (Å²) in [5.74, 6) is 4.46. The number of carbonyl (C=O) groups excluding carboxylic acids is 1. The van der Waals surface area contributed by atoms with E-state index in [0.29, 0.717) is 29.5 Å². The van der Waals surface area contributed by atoms with Gasteiger partial charge in [-0.15, -0.1) is 11.6 Å². The maximum Gasteiger partial charge on any atom is 0.226 e. The van der Waals surface area contributed by atoms with E-state index in [1.54, 1.807) is 0 Å². The molecule has 0 aromatic rings. The van der Waals surface area contributed by atoms with Crippen LogP contribution in [0.15, 0.2) is 0 Å². The second kappa shape index (κ2) is 4.70. The number of hydrogen-bond donors (Lipinski definition) is 0. The Hall–Kier alpha value is -0.240. The summed E-state index contributed by atoms with van der Waals surface area (Å²) in [6, 6.07) is 0.163. The summed E-state index contributed by atoms with van der Waals surface area (Å²) in [4.78, 5) is 14.6. The zero-order valence-corrected chi connectivity index (χ0v) is 12.2. The molecular weight excluding hydrogens is 246 g/mol. The topological polar surface area (TPSA) is 20.3 Å². The van der Waals surface area contributed by atoms with Crippen LogP contribution in [-0.4, -0.2) is 29.8 Å². The Bertz CT molecular complexity index is 315. The van der Waals surface area contributed by atoms with Crippen molar-refractivity contribution < 1.29 is 4.79 Å². The Morgan fingerprint density at radius 1 is 1.17 bits per heavy atom. The normalized spacial score (nSPS) is 42.9. The molecule has 0 aromatic heterocycles. The lowest BCUT2D eigenvalue weighted by Gasteiger charge is -2.54. The SMILES string of the molecule is CC(CCl)N(C)C(=O)C1C2CC3CC(C2)CC1C3. The number of amides is 1. The minimum Gasteiger partial charge on any atom is -0.342 e. The first kappa shape index (κ1) is 12.8. The van der Waals surface area contributed by atoms with E-state index in [4.69, 9.17) is 11.6 Å². The van der Waals surface area contributed by atoms with Crippen molar-refractivity contribution in [2.45, 2.75) is 45.1 Å². The number of rotatable bonds is 3. The Kier molecular flexibility index (Phi) is 3.34. The van der Waals surface area contributed by atoms with Crippen LogP contribution in [0, 0.1) is 29.6 Å². The maximum absolute atomic E-state index is 12.7. The van der Waals surface area contributed by atoms with Crippen molar-refractivity contribution in [2.75, 3.05) is 12.9 Å². The number of carbonyl (C=O) groups is 1. The predicted octanol–water partition coefficient (Wildman–Crippen LogP) is 3.14. The molecule has 4 rings (SSSR count). The van der Waals surface area contributed by atoms with Crippen LogP contribution in [0.1, 0.15) is 39.0 Å². The second-order valence-electron chi connectivity index (χ2n) is 6.91. The van der Waals surface area contributed by atoms with Crippen molar-refractivity contribution in [1.29, 1.82) is 0 Å². The molecule has 4 bridgehead atoms. The summed E-state index contributed by atoms with van der Waals surface area (Å²) < 4.78 is 0. The van der Waals surface area contributed by atoms with Gasteiger partial charge >= 0.3 is 0 Å². The highest BCUT2D eigenvalue weighted by atomic mass is 35.5. The summed E-state index contributed by atoms with van der Waals surface area (Å²) in [5, 5.41) is 0. The van der Waals surface area contributed by atoms with E-state index in [9.17, 15) is 4.79 Å². The third-order valence-corrected chi connectivity index (χ3v) is 6.19. The van der Waals surface area contributed by atoms with Crippen molar-refractivity contribution in [2.24, 2.45) is 29.6 Å². The monoisotopic (exact) mass is 269 g/mol. The van der Waals surface area contributed by atoms with E-state index in [2.05, 4.69) is 0 Å². The van der Waals surface area contributed by atoms with E-state index in [-0.39, 0.29) is 6.04 Å². The van der Waals surface area contributed by atoms with Gasteiger partial charge in [0.2, 0.25) is 5.91 Å². The van der Waals surface area contributed by atoms with Crippen LogP contribution >= 0.6 is 11.6 Å². The molecule has 0 saturated heterocycles. The first-order chi connectivity index (χ1) is 8.60. The van der Waals surface area contributed by atoms with E-state index in [1.165, 1.54) is 32.1 Å². The molecule has 1 atom stereocenters. The molecule has 0 radical (unpaired) electrons. The van der Waals surface area contributed by atoms with Crippen molar-refractivity contribution in [1.82, 2.24) is 4.90 Å². The highest BCUT2D eigenvalue weighted by Crippen LogP contribution is 2.56. The van der Waals surface area contributed by atoms with E-state index >= 15 is 0 Å². The van der Waals surface area contributed by atoms with E-state index < -0.39 is 0 Å². The summed E-state index contributed by atoms with van der Waals surface area (Å²) in [6.07, 6.45) is 6.69. The highest BCUT2D eigenvalue weighted by Gasteiger charge is 2.51. The fraction of sp³-hybridized carbons (Fsp3) is 0.933. The first-order valence-corrected chi connectivity index (χ1v) is 7.96. The quantitative estimate of drug-likeness (QED) is 0.721. The van der Waals surface area contributed by atoms with Gasteiger partial charge in [0, 0.05) is 24.9 Å². The van der Waals surface area contributed by atoms with Gasteiger partial charge in [-0.05, 0) is 62.7 Å². The molecule has 4 saturated carbocycles.